The Hall–Kier alpha value is -3.91. The van der Waals surface area contributed by atoms with Crippen LogP contribution in [-0.4, -0.2) is 22.8 Å². The summed E-state index contributed by atoms with van der Waals surface area (Å²) in [5, 5.41) is 9.33. The van der Waals surface area contributed by atoms with Gasteiger partial charge in [-0.15, -0.1) is 11.3 Å². The number of allylic oxidation sites excluding steroid dienone is 1. The lowest BCUT2D eigenvalue weighted by molar-refractivity contribution is 0.244. The van der Waals surface area contributed by atoms with Crippen LogP contribution >= 0.6 is 11.3 Å². The van der Waals surface area contributed by atoms with Gasteiger partial charge in [0.2, 0.25) is 5.82 Å². The number of benzene rings is 2. The van der Waals surface area contributed by atoms with Crippen molar-refractivity contribution < 1.29 is 14.1 Å². The first-order chi connectivity index (χ1) is 17.1. The molecule has 2 aromatic carbocycles. The molecule has 0 fully saturated rings. The maximum absolute atomic E-state index is 13.4. The van der Waals surface area contributed by atoms with Crippen molar-refractivity contribution in [1.82, 2.24) is 15.5 Å². The number of ether oxygens (including phenoxy) is 1. The Labute approximate surface area is 208 Å². The fraction of sp³-hybridized carbons (Fsp3) is 0.222. The zero-order valence-electron chi connectivity index (χ0n) is 19.8. The first kappa shape index (κ1) is 22.9. The number of carbonyl (C=O) groups excluding carboxylic acids is 1. The molecule has 5 rings (SSSR count). The zero-order valence-corrected chi connectivity index (χ0v) is 20.6. The van der Waals surface area contributed by atoms with Crippen LogP contribution in [0.25, 0.3) is 16.3 Å². The van der Waals surface area contributed by atoms with Crippen LogP contribution in [0.1, 0.15) is 43.8 Å². The first-order valence-electron chi connectivity index (χ1n) is 11.6. The molecular formula is C27H26N4O3S. The van der Waals surface area contributed by atoms with Crippen LogP contribution < -0.4 is 15.0 Å². The molecule has 3 heterocycles. The number of nitrogens with one attached hydrogen (secondary N) is 1. The third-order valence-corrected chi connectivity index (χ3v) is 6.88. The molecule has 0 bridgehead atoms. The van der Waals surface area contributed by atoms with Gasteiger partial charge in [0.05, 0.1) is 28.8 Å². The lowest BCUT2D eigenvalue weighted by Crippen LogP contribution is -2.46. The number of nitrogens with zero attached hydrogens (tertiary/aromatic N) is 3. The molecule has 0 saturated carbocycles. The number of anilines is 1. The molecule has 2 amide bonds. The third-order valence-electron chi connectivity index (χ3n) is 6.01. The summed E-state index contributed by atoms with van der Waals surface area (Å²) in [5.74, 6) is 1.67. The number of amides is 2. The molecule has 35 heavy (non-hydrogen) atoms. The molecule has 1 N–H and O–H groups in total. The summed E-state index contributed by atoms with van der Waals surface area (Å²) in [7, 11) is 0. The van der Waals surface area contributed by atoms with E-state index in [4.69, 9.17) is 14.2 Å². The summed E-state index contributed by atoms with van der Waals surface area (Å²) in [6.45, 7) is 6.55. The molecule has 2 aromatic heterocycles. The molecule has 0 radical (unpaired) electrons. The van der Waals surface area contributed by atoms with Crippen molar-refractivity contribution in [3.63, 3.8) is 0 Å². The minimum atomic E-state index is -0.457. The van der Waals surface area contributed by atoms with E-state index in [1.54, 1.807) is 16.2 Å². The molecule has 1 atom stereocenters. The Morgan fingerprint density at radius 3 is 2.51 bits per heavy atom. The molecule has 0 spiro atoms. The van der Waals surface area contributed by atoms with Gasteiger partial charge in [-0.3, -0.25) is 4.90 Å². The monoisotopic (exact) mass is 486 g/mol. The standard InChI is InChI=1S/C27H26N4O3S/c1-4-18-8-12-20(13-9-18)31-17(3)23(26-29-25(30-34-26)22-7-6-16-35-22)24(28-27(31)32)19-10-14-21(15-11-19)33-5-2/h6-16,24H,4-5H2,1-3H3,(H,28,32). The normalized spacial score (nSPS) is 15.9. The van der Waals surface area contributed by atoms with Crippen LogP contribution in [0.15, 0.2) is 76.3 Å². The van der Waals surface area contributed by atoms with E-state index in [1.165, 1.54) is 5.56 Å². The van der Waals surface area contributed by atoms with E-state index in [-0.39, 0.29) is 6.03 Å². The van der Waals surface area contributed by atoms with Crippen molar-refractivity contribution >= 4 is 28.6 Å². The molecule has 8 heteroatoms. The van der Waals surface area contributed by atoms with Crippen molar-refractivity contribution in [3.8, 4) is 16.5 Å². The first-order valence-corrected chi connectivity index (χ1v) is 12.5. The molecule has 1 unspecified atom stereocenters. The molecule has 7 nitrogen and oxygen atoms in total. The lowest BCUT2D eigenvalue weighted by Gasteiger charge is -2.35. The topological polar surface area (TPSA) is 80.5 Å². The van der Waals surface area contributed by atoms with Crippen LogP contribution in [0.4, 0.5) is 10.5 Å². The van der Waals surface area contributed by atoms with Crippen molar-refractivity contribution in [1.29, 1.82) is 0 Å². The van der Waals surface area contributed by atoms with Gasteiger partial charge in [0, 0.05) is 5.70 Å². The average molecular weight is 487 g/mol. The second-order valence-electron chi connectivity index (χ2n) is 8.14. The molecule has 178 valence electrons. The maximum atomic E-state index is 13.4. The third kappa shape index (κ3) is 4.44. The minimum absolute atomic E-state index is 0.215. The van der Waals surface area contributed by atoms with Crippen LogP contribution in [-0.2, 0) is 6.42 Å². The fourth-order valence-corrected chi connectivity index (χ4v) is 4.87. The number of hydrogen-bond acceptors (Lipinski definition) is 6. The van der Waals surface area contributed by atoms with Crippen LogP contribution in [0.5, 0.6) is 5.75 Å². The van der Waals surface area contributed by atoms with Gasteiger partial charge in [-0.05, 0) is 67.1 Å². The number of rotatable bonds is 7. The van der Waals surface area contributed by atoms with E-state index in [0.29, 0.717) is 18.3 Å². The summed E-state index contributed by atoms with van der Waals surface area (Å²) in [6.07, 6.45) is 0.930. The Morgan fingerprint density at radius 2 is 1.86 bits per heavy atom. The van der Waals surface area contributed by atoms with E-state index in [9.17, 15) is 4.79 Å². The Bertz CT molecular complexity index is 1340. The van der Waals surface area contributed by atoms with Crippen molar-refractivity contribution in [2.24, 2.45) is 0 Å². The Balaban J connectivity index is 1.61. The Kier molecular flexibility index (Phi) is 6.37. The van der Waals surface area contributed by atoms with Crippen LogP contribution in [0.3, 0.4) is 0 Å². The van der Waals surface area contributed by atoms with Crippen LogP contribution in [0, 0.1) is 0 Å². The lowest BCUT2D eigenvalue weighted by atomic mass is 9.94. The average Bonchev–Trinajstić information content (AvgIpc) is 3.57. The minimum Gasteiger partial charge on any atom is -0.494 e. The van der Waals surface area contributed by atoms with Crippen molar-refractivity contribution in [2.75, 3.05) is 11.5 Å². The number of aryl methyl sites for hydroxylation is 1. The van der Waals surface area contributed by atoms with E-state index < -0.39 is 6.04 Å². The van der Waals surface area contributed by atoms with E-state index >= 15 is 0 Å². The van der Waals surface area contributed by atoms with Gasteiger partial charge in [-0.2, -0.15) is 4.98 Å². The molecule has 0 aliphatic carbocycles. The SMILES string of the molecule is CCOc1ccc(C2NC(=O)N(c3ccc(CC)cc3)C(C)=C2c2nc(-c3cccs3)no2)cc1. The van der Waals surface area contributed by atoms with Gasteiger partial charge >= 0.3 is 6.03 Å². The van der Waals surface area contributed by atoms with Crippen molar-refractivity contribution in [3.05, 3.63) is 88.8 Å². The smallest absolute Gasteiger partial charge is 0.326 e. The van der Waals surface area contributed by atoms with Crippen molar-refractivity contribution in [2.45, 2.75) is 33.2 Å². The quantitative estimate of drug-likeness (QED) is 0.324. The predicted molar refractivity (Wildman–Crippen MR) is 137 cm³/mol. The van der Waals surface area contributed by atoms with Gasteiger partial charge in [0.1, 0.15) is 5.75 Å². The summed E-state index contributed by atoms with van der Waals surface area (Å²) in [6, 6.07) is 18.9. The largest absolute Gasteiger partial charge is 0.494 e. The van der Waals surface area contributed by atoms with Crippen LogP contribution in [0.2, 0.25) is 0 Å². The summed E-state index contributed by atoms with van der Waals surface area (Å²) in [4.78, 5) is 20.7. The fourth-order valence-electron chi connectivity index (χ4n) is 4.22. The van der Waals surface area contributed by atoms with Gasteiger partial charge < -0.3 is 14.6 Å². The zero-order chi connectivity index (χ0) is 24.4. The Morgan fingerprint density at radius 1 is 1.09 bits per heavy atom. The highest BCUT2D eigenvalue weighted by molar-refractivity contribution is 7.13. The second-order valence-corrected chi connectivity index (χ2v) is 9.09. The predicted octanol–water partition coefficient (Wildman–Crippen LogP) is 6.46. The number of hydrogen-bond donors (Lipinski definition) is 1. The maximum Gasteiger partial charge on any atom is 0.326 e. The number of aromatic nitrogens is 2. The molecule has 1 aliphatic rings. The number of urea groups is 1. The van der Waals surface area contributed by atoms with Gasteiger partial charge in [0.25, 0.3) is 5.89 Å². The van der Waals surface area contributed by atoms with E-state index in [2.05, 4.69) is 17.4 Å². The molecular weight excluding hydrogens is 460 g/mol. The second kappa shape index (κ2) is 9.76. The highest BCUT2D eigenvalue weighted by Crippen LogP contribution is 2.39. The van der Waals surface area contributed by atoms with E-state index in [0.717, 1.165) is 39.6 Å². The molecule has 4 aromatic rings. The number of carbonyl (C=O) groups is 1. The molecule has 0 saturated heterocycles. The summed E-state index contributed by atoms with van der Waals surface area (Å²) < 4.78 is 11.3. The highest BCUT2D eigenvalue weighted by atomic mass is 32.1. The highest BCUT2D eigenvalue weighted by Gasteiger charge is 2.36. The van der Waals surface area contributed by atoms with E-state index in [1.807, 2.05) is 79.9 Å². The van der Waals surface area contributed by atoms with Gasteiger partial charge in [0.15, 0.2) is 0 Å². The van der Waals surface area contributed by atoms with Gasteiger partial charge in [-0.25, -0.2) is 4.79 Å². The van der Waals surface area contributed by atoms with Gasteiger partial charge in [-0.1, -0.05) is 42.4 Å². The number of thiophene rings is 1. The molecule has 1 aliphatic heterocycles. The summed E-state index contributed by atoms with van der Waals surface area (Å²) >= 11 is 1.55. The summed E-state index contributed by atoms with van der Waals surface area (Å²) in [5.41, 5.74) is 4.37.